The molecule has 0 aliphatic heterocycles. The number of hydrogen-bond donors (Lipinski definition) is 2. The first-order valence-electron chi connectivity index (χ1n) is 7.74. The molecule has 0 fully saturated rings. The topological polar surface area (TPSA) is 71.1 Å². The van der Waals surface area contributed by atoms with Crippen LogP contribution in [0.2, 0.25) is 5.02 Å². The Morgan fingerprint density at radius 2 is 1.92 bits per heavy atom. The third-order valence-electron chi connectivity index (χ3n) is 3.47. The molecule has 0 aliphatic carbocycles. The van der Waals surface area contributed by atoms with E-state index in [0.717, 1.165) is 11.3 Å². The minimum Gasteiger partial charge on any atom is -0.356 e. The number of rotatable bonds is 7. The zero-order chi connectivity index (χ0) is 17.4. The van der Waals surface area contributed by atoms with Crippen LogP contribution in [0, 0.1) is 0 Å². The molecule has 1 aromatic heterocycles. The van der Waals surface area contributed by atoms with Crippen LogP contribution in [0.15, 0.2) is 48.7 Å². The van der Waals surface area contributed by atoms with Gasteiger partial charge in [-0.3, -0.25) is 14.6 Å². The number of nitrogens with zero attached hydrogens (tertiary/aromatic N) is 1. The number of aromatic nitrogens is 1. The highest BCUT2D eigenvalue weighted by atomic mass is 35.5. The summed E-state index contributed by atoms with van der Waals surface area (Å²) >= 11 is 5.88. The van der Waals surface area contributed by atoms with Gasteiger partial charge in [0.1, 0.15) is 0 Å². The van der Waals surface area contributed by atoms with E-state index >= 15 is 0 Å². The molecule has 24 heavy (non-hydrogen) atoms. The third-order valence-corrected chi connectivity index (χ3v) is 3.72. The van der Waals surface area contributed by atoms with Crippen LogP contribution >= 0.6 is 11.6 Å². The summed E-state index contributed by atoms with van der Waals surface area (Å²) < 4.78 is 0. The van der Waals surface area contributed by atoms with Crippen LogP contribution in [0.3, 0.4) is 0 Å². The first-order chi connectivity index (χ1) is 11.5. The van der Waals surface area contributed by atoms with E-state index in [2.05, 4.69) is 15.6 Å². The quantitative estimate of drug-likeness (QED) is 0.810. The number of benzene rings is 1. The largest absolute Gasteiger partial charge is 0.356 e. The van der Waals surface area contributed by atoms with Crippen LogP contribution in [0.25, 0.3) is 0 Å². The van der Waals surface area contributed by atoms with Gasteiger partial charge in [-0.05, 0) is 29.8 Å². The molecule has 0 aliphatic rings. The molecule has 6 heteroatoms. The van der Waals surface area contributed by atoms with Gasteiger partial charge in [-0.25, -0.2) is 0 Å². The van der Waals surface area contributed by atoms with Gasteiger partial charge in [0.15, 0.2) is 0 Å². The Kier molecular flexibility index (Phi) is 6.75. The van der Waals surface area contributed by atoms with Gasteiger partial charge in [-0.2, -0.15) is 0 Å². The predicted molar refractivity (Wildman–Crippen MR) is 93.6 cm³/mol. The van der Waals surface area contributed by atoms with Crippen LogP contribution < -0.4 is 10.6 Å². The molecule has 0 unspecified atom stereocenters. The SMILES string of the molecule is CC(=O)N[C@@H](CC(=O)NCCc1ccccn1)c1ccc(Cl)cc1. The molecule has 0 spiro atoms. The Morgan fingerprint density at radius 3 is 2.54 bits per heavy atom. The van der Waals surface area contributed by atoms with Gasteiger partial charge in [0, 0.05) is 36.8 Å². The number of carbonyl (C=O) groups is 2. The highest BCUT2D eigenvalue weighted by Gasteiger charge is 2.17. The van der Waals surface area contributed by atoms with E-state index in [0.29, 0.717) is 18.0 Å². The second-order valence-electron chi connectivity index (χ2n) is 5.43. The second-order valence-corrected chi connectivity index (χ2v) is 5.87. The van der Waals surface area contributed by atoms with Crippen LogP contribution in [0.4, 0.5) is 0 Å². The molecular formula is C18H20ClN3O2. The van der Waals surface area contributed by atoms with E-state index in [1.54, 1.807) is 18.3 Å². The summed E-state index contributed by atoms with van der Waals surface area (Å²) in [6, 6.07) is 12.4. The molecule has 0 radical (unpaired) electrons. The number of amides is 2. The molecule has 0 bridgehead atoms. The fourth-order valence-electron chi connectivity index (χ4n) is 2.33. The fraction of sp³-hybridized carbons (Fsp3) is 0.278. The number of carbonyl (C=O) groups excluding carboxylic acids is 2. The third kappa shape index (κ3) is 6.01. The Labute approximate surface area is 146 Å². The molecule has 2 amide bonds. The van der Waals surface area contributed by atoms with E-state index in [4.69, 9.17) is 11.6 Å². The van der Waals surface area contributed by atoms with Crippen molar-refractivity contribution in [2.75, 3.05) is 6.54 Å². The van der Waals surface area contributed by atoms with Crippen molar-refractivity contribution in [2.24, 2.45) is 0 Å². The van der Waals surface area contributed by atoms with E-state index in [1.807, 2.05) is 30.3 Å². The molecule has 5 nitrogen and oxygen atoms in total. The molecule has 2 aromatic rings. The van der Waals surface area contributed by atoms with Crippen molar-refractivity contribution in [3.05, 3.63) is 64.9 Å². The summed E-state index contributed by atoms with van der Waals surface area (Å²) in [5.41, 5.74) is 1.77. The maximum absolute atomic E-state index is 12.2. The van der Waals surface area contributed by atoms with E-state index < -0.39 is 0 Å². The average Bonchev–Trinajstić information content (AvgIpc) is 2.55. The van der Waals surface area contributed by atoms with Crippen LogP contribution in [-0.2, 0) is 16.0 Å². The Morgan fingerprint density at radius 1 is 1.17 bits per heavy atom. The normalized spacial score (nSPS) is 11.6. The maximum atomic E-state index is 12.2. The minimum atomic E-state index is -0.380. The zero-order valence-corrected chi connectivity index (χ0v) is 14.2. The monoisotopic (exact) mass is 345 g/mol. The number of nitrogens with one attached hydrogen (secondary N) is 2. The molecule has 0 saturated heterocycles. The van der Waals surface area contributed by atoms with Crippen LogP contribution in [-0.4, -0.2) is 23.3 Å². The standard InChI is InChI=1S/C18H20ClN3O2/c1-13(23)22-17(14-5-7-15(19)8-6-14)12-18(24)21-11-9-16-4-2-3-10-20-16/h2-8,10,17H,9,11-12H2,1H3,(H,21,24)(H,22,23)/t17-/m0/s1. The van der Waals surface area contributed by atoms with Crippen molar-refractivity contribution < 1.29 is 9.59 Å². The summed E-state index contributed by atoms with van der Waals surface area (Å²) in [6.07, 6.45) is 2.56. The van der Waals surface area contributed by atoms with Gasteiger partial charge in [0.2, 0.25) is 11.8 Å². The van der Waals surface area contributed by atoms with Crippen molar-refractivity contribution in [1.82, 2.24) is 15.6 Å². The molecule has 1 atom stereocenters. The van der Waals surface area contributed by atoms with Gasteiger partial charge < -0.3 is 10.6 Å². The number of pyridine rings is 1. The number of hydrogen-bond acceptors (Lipinski definition) is 3. The summed E-state index contributed by atoms with van der Waals surface area (Å²) in [7, 11) is 0. The lowest BCUT2D eigenvalue weighted by Gasteiger charge is -2.18. The first-order valence-corrected chi connectivity index (χ1v) is 8.11. The highest BCUT2D eigenvalue weighted by molar-refractivity contribution is 6.30. The fourth-order valence-corrected chi connectivity index (χ4v) is 2.45. The molecule has 126 valence electrons. The van der Waals surface area contributed by atoms with Crippen molar-refractivity contribution in [2.45, 2.75) is 25.8 Å². The summed E-state index contributed by atoms with van der Waals surface area (Å²) in [5, 5.41) is 6.27. The van der Waals surface area contributed by atoms with E-state index in [-0.39, 0.29) is 24.3 Å². The molecule has 2 N–H and O–H groups in total. The molecule has 2 rings (SSSR count). The average molecular weight is 346 g/mol. The first kappa shape index (κ1) is 17.9. The van der Waals surface area contributed by atoms with E-state index in [9.17, 15) is 9.59 Å². The lowest BCUT2D eigenvalue weighted by atomic mass is 10.0. The smallest absolute Gasteiger partial charge is 0.222 e. The van der Waals surface area contributed by atoms with Gasteiger partial charge >= 0.3 is 0 Å². The van der Waals surface area contributed by atoms with E-state index in [1.165, 1.54) is 6.92 Å². The van der Waals surface area contributed by atoms with Crippen molar-refractivity contribution in [3.8, 4) is 0 Å². The molecular weight excluding hydrogens is 326 g/mol. The van der Waals surface area contributed by atoms with Crippen molar-refractivity contribution >= 4 is 23.4 Å². The lowest BCUT2D eigenvalue weighted by Crippen LogP contribution is -2.33. The molecule has 1 aromatic carbocycles. The van der Waals surface area contributed by atoms with Crippen LogP contribution in [0.1, 0.15) is 30.6 Å². The van der Waals surface area contributed by atoms with Gasteiger partial charge in [0.05, 0.1) is 12.5 Å². The summed E-state index contributed by atoms with van der Waals surface area (Å²) in [5.74, 6) is -0.309. The van der Waals surface area contributed by atoms with Gasteiger partial charge in [0.25, 0.3) is 0 Å². The second kappa shape index (κ2) is 9.03. The highest BCUT2D eigenvalue weighted by Crippen LogP contribution is 2.19. The summed E-state index contributed by atoms with van der Waals surface area (Å²) in [4.78, 5) is 27.8. The Bertz CT molecular complexity index is 674. The maximum Gasteiger partial charge on any atom is 0.222 e. The lowest BCUT2D eigenvalue weighted by molar-refractivity contribution is -0.122. The predicted octanol–water partition coefficient (Wildman–Crippen LogP) is 2.66. The zero-order valence-electron chi connectivity index (χ0n) is 13.5. The van der Waals surface area contributed by atoms with Gasteiger partial charge in [-0.15, -0.1) is 0 Å². The van der Waals surface area contributed by atoms with Crippen molar-refractivity contribution in [1.29, 1.82) is 0 Å². The number of halogens is 1. The Hall–Kier alpha value is -2.40. The van der Waals surface area contributed by atoms with Crippen molar-refractivity contribution in [3.63, 3.8) is 0 Å². The minimum absolute atomic E-state index is 0.125. The molecule has 0 saturated carbocycles. The van der Waals surface area contributed by atoms with Gasteiger partial charge in [-0.1, -0.05) is 29.8 Å². The summed E-state index contributed by atoms with van der Waals surface area (Å²) in [6.45, 7) is 1.94. The molecule has 1 heterocycles. The van der Waals surface area contributed by atoms with Crippen LogP contribution in [0.5, 0.6) is 0 Å². The Balaban J connectivity index is 1.89.